The van der Waals surface area contributed by atoms with Crippen LogP contribution in [-0.4, -0.2) is 48.6 Å². The van der Waals surface area contributed by atoms with Crippen molar-refractivity contribution in [3.8, 4) is 0 Å². The van der Waals surface area contributed by atoms with Crippen LogP contribution in [0.25, 0.3) is 0 Å². The van der Waals surface area contributed by atoms with Gasteiger partial charge in [0.2, 0.25) is 0 Å². The first kappa shape index (κ1) is 19.5. The van der Waals surface area contributed by atoms with Gasteiger partial charge in [0.15, 0.2) is 0 Å². The minimum absolute atomic E-state index is 0.109. The Hall–Kier alpha value is -0.220. The lowest BCUT2D eigenvalue weighted by Gasteiger charge is -2.48. The van der Waals surface area contributed by atoms with Gasteiger partial charge in [0.1, 0.15) is 0 Å². The van der Waals surface area contributed by atoms with Crippen LogP contribution >= 0.6 is 0 Å². The van der Waals surface area contributed by atoms with E-state index in [0.717, 1.165) is 37.5 Å². The van der Waals surface area contributed by atoms with Gasteiger partial charge in [-0.15, -0.1) is 0 Å². The highest BCUT2D eigenvalue weighted by molar-refractivity contribution is 4.93. The summed E-state index contributed by atoms with van der Waals surface area (Å²) in [5.41, 5.74) is 0.468. The fraction of sp³-hybridized carbons (Fsp3) is 1.00. The number of hydrogen-bond acceptors (Lipinski definition) is 2. The van der Waals surface area contributed by atoms with Gasteiger partial charge in [-0.05, 0) is 81.7 Å². The van der Waals surface area contributed by atoms with E-state index in [4.69, 9.17) is 0 Å². The molecular weight excluding hydrogens is 318 g/mol. The van der Waals surface area contributed by atoms with Crippen LogP contribution in [0.4, 0.5) is 8.78 Å². The molecule has 3 rings (SSSR count). The molecule has 1 spiro atoms. The first-order valence-corrected chi connectivity index (χ1v) is 10.8. The molecule has 1 aliphatic heterocycles. The SMILES string of the molecule is CCN(C(F)F)C1CCC2(CC1)CCN(CC1CCC(C)CC1)CC2. The molecule has 0 aromatic rings. The molecule has 1 heterocycles. The van der Waals surface area contributed by atoms with E-state index in [9.17, 15) is 8.78 Å². The van der Waals surface area contributed by atoms with Gasteiger partial charge < -0.3 is 4.90 Å². The van der Waals surface area contributed by atoms with Crippen molar-refractivity contribution < 1.29 is 8.78 Å². The zero-order valence-electron chi connectivity index (χ0n) is 16.4. The summed E-state index contributed by atoms with van der Waals surface area (Å²) in [6.45, 7) is 6.23. The Balaban J connectivity index is 1.42. The van der Waals surface area contributed by atoms with Crippen molar-refractivity contribution in [1.29, 1.82) is 0 Å². The van der Waals surface area contributed by atoms with Crippen LogP contribution in [-0.2, 0) is 0 Å². The van der Waals surface area contributed by atoms with Gasteiger partial charge in [0, 0.05) is 19.1 Å². The molecule has 2 aliphatic carbocycles. The summed E-state index contributed by atoms with van der Waals surface area (Å²) in [5, 5.41) is 0. The molecule has 25 heavy (non-hydrogen) atoms. The van der Waals surface area contributed by atoms with Crippen LogP contribution < -0.4 is 0 Å². The number of hydrogen-bond donors (Lipinski definition) is 0. The number of halogens is 2. The molecule has 0 radical (unpaired) electrons. The van der Waals surface area contributed by atoms with E-state index in [0.29, 0.717) is 12.0 Å². The summed E-state index contributed by atoms with van der Waals surface area (Å²) in [6.07, 6.45) is 12.5. The maximum atomic E-state index is 13.1. The molecular formula is C21H38F2N2. The standard InChI is InChI=1S/C21H38F2N2/c1-3-25(20(22)23)19-8-10-21(11-9-19)12-14-24(15-13-21)16-18-6-4-17(2)5-7-18/h17-20H,3-16H2,1-2H3. The third kappa shape index (κ3) is 4.94. The summed E-state index contributed by atoms with van der Waals surface area (Å²) in [6, 6.07) is 0.109. The first-order chi connectivity index (χ1) is 12.0. The maximum absolute atomic E-state index is 13.1. The van der Waals surface area contributed by atoms with Crippen LogP contribution in [0.1, 0.15) is 78.1 Å². The fourth-order valence-corrected chi connectivity index (χ4v) is 5.69. The van der Waals surface area contributed by atoms with Gasteiger partial charge >= 0.3 is 0 Å². The molecule has 1 saturated heterocycles. The van der Waals surface area contributed by atoms with Crippen LogP contribution in [0.15, 0.2) is 0 Å². The highest BCUT2D eigenvalue weighted by atomic mass is 19.3. The minimum Gasteiger partial charge on any atom is -0.303 e. The van der Waals surface area contributed by atoms with Gasteiger partial charge in [-0.3, -0.25) is 0 Å². The molecule has 3 aliphatic rings. The van der Waals surface area contributed by atoms with Crippen LogP contribution in [0, 0.1) is 17.3 Å². The lowest BCUT2D eigenvalue weighted by Crippen LogP contribution is -2.47. The van der Waals surface area contributed by atoms with E-state index >= 15 is 0 Å². The van der Waals surface area contributed by atoms with Crippen molar-refractivity contribution in [3.63, 3.8) is 0 Å². The first-order valence-electron chi connectivity index (χ1n) is 10.8. The van der Waals surface area contributed by atoms with E-state index in [-0.39, 0.29) is 6.04 Å². The Morgan fingerprint density at radius 3 is 2.08 bits per heavy atom. The molecule has 0 unspecified atom stereocenters. The van der Waals surface area contributed by atoms with Gasteiger partial charge in [-0.25, -0.2) is 4.90 Å². The van der Waals surface area contributed by atoms with E-state index in [1.54, 1.807) is 0 Å². The predicted molar refractivity (Wildman–Crippen MR) is 99.9 cm³/mol. The Kier molecular flexibility index (Phi) is 6.76. The molecule has 0 atom stereocenters. The molecule has 146 valence electrons. The van der Waals surface area contributed by atoms with E-state index in [2.05, 4.69) is 11.8 Å². The lowest BCUT2D eigenvalue weighted by molar-refractivity contribution is -0.0726. The summed E-state index contributed by atoms with van der Waals surface area (Å²) in [5.74, 6) is 1.86. The van der Waals surface area contributed by atoms with Crippen molar-refractivity contribution in [3.05, 3.63) is 0 Å². The summed E-state index contributed by atoms with van der Waals surface area (Å²) in [7, 11) is 0. The quantitative estimate of drug-likeness (QED) is 0.610. The summed E-state index contributed by atoms with van der Waals surface area (Å²) >= 11 is 0. The highest BCUT2D eigenvalue weighted by Gasteiger charge is 2.40. The van der Waals surface area contributed by atoms with Gasteiger partial charge in [0.05, 0.1) is 0 Å². The average Bonchev–Trinajstić information content (AvgIpc) is 2.61. The molecule has 2 saturated carbocycles. The number of likely N-dealkylation sites (tertiary alicyclic amines) is 1. The second kappa shape index (κ2) is 8.65. The van der Waals surface area contributed by atoms with E-state index in [1.165, 1.54) is 63.1 Å². The molecule has 4 heteroatoms. The number of rotatable bonds is 5. The fourth-order valence-electron chi connectivity index (χ4n) is 5.69. The Bertz CT molecular complexity index is 389. The second-order valence-corrected chi connectivity index (χ2v) is 9.27. The normalized spacial score (nSPS) is 31.9. The molecule has 2 nitrogen and oxygen atoms in total. The number of alkyl halides is 2. The molecule has 3 fully saturated rings. The zero-order valence-corrected chi connectivity index (χ0v) is 16.4. The summed E-state index contributed by atoms with van der Waals surface area (Å²) in [4.78, 5) is 4.11. The molecule has 0 aromatic heterocycles. The van der Waals surface area contributed by atoms with E-state index in [1.807, 2.05) is 6.92 Å². The number of nitrogens with zero attached hydrogens (tertiary/aromatic N) is 2. The highest BCUT2D eigenvalue weighted by Crippen LogP contribution is 2.46. The third-order valence-electron chi connectivity index (χ3n) is 7.67. The van der Waals surface area contributed by atoms with Gasteiger partial charge in [-0.2, -0.15) is 8.78 Å². The van der Waals surface area contributed by atoms with E-state index < -0.39 is 6.55 Å². The average molecular weight is 357 g/mol. The predicted octanol–water partition coefficient (Wildman–Crippen LogP) is 5.38. The van der Waals surface area contributed by atoms with Crippen LogP contribution in [0.5, 0.6) is 0 Å². The summed E-state index contributed by atoms with van der Waals surface area (Å²) < 4.78 is 26.3. The monoisotopic (exact) mass is 356 g/mol. The van der Waals surface area contributed by atoms with Crippen molar-refractivity contribution in [1.82, 2.24) is 9.80 Å². The molecule has 0 bridgehead atoms. The third-order valence-corrected chi connectivity index (χ3v) is 7.67. The Morgan fingerprint density at radius 1 is 0.960 bits per heavy atom. The zero-order chi connectivity index (χ0) is 17.9. The van der Waals surface area contributed by atoms with Gasteiger partial charge in [-0.1, -0.05) is 26.7 Å². The van der Waals surface area contributed by atoms with Gasteiger partial charge in [0.25, 0.3) is 6.55 Å². The van der Waals surface area contributed by atoms with Crippen molar-refractivity contribution in [2.45, 2.75) is 90.6 Å². The number of piperidine rings is 1. The maximum Gasteiger partial charge on any atom is 0.295 e. The Morgan fingerprint density at radius 2 is 1.56 bits per heavy atom. The lowest BCUT2D eigenvalue weighted by atomic mass is 9.66. The Labute approximate surface area is 153 Å². The van der Waals surface area contributed by atoms with Crippen molar-refractivity contribution in [2.24, 2.45) is 17.3 Å². The largest absolute Gasteiger partial charge is 0.303 e. The van der Waals surface area contributed by atoms with Crippen molar-refractivity contribution >= 4 is 0 Å². The van der Waals surface area contributed by atoms with Crippen molar-refractivity contribution in [2.75, 3.05) is 26.2 Å². The second-order valence-electron chi connectivity index (χ2n) is 9.27. The molecule has 0 N–H and O–H groups in total. The van der Waals surface area contributed by atoms with Crippen LogP contribution in [0.2, 0.25) is 0 Å². The topological polar surface area (TPSA) is 6.48 Å². The smallest absolute Gasteiger partial charge is 0.295 e. The van der Waals surface area contributed by atoms with Crippen LogP contribution in [0.3, 0.4) is 0 Å². The molecule has 0 amide bonds. The minimum atomic E-state index is -2.29. The molecule has 0 aromatic carbocycles.